The third-order valence-electron chi connectivity index (χ3n) is 5.37. The molecule has 0 unspecified atom stereocenters. The number of nitrogens with zero attached hydrogens (tertiary/aromatic N) is 3. The van der Waals surface area contributed by atoms with Crippen molar-refractivity contribution in [2.75, 3.05) is 32.7 Å². The van der Waals surface area contributed by atoms with Crippen molar-refractivity contribution in [2.45, 2.75) is 46.1 Å². The van der Waals surface area contributed by atoms with Crippen LogP contribution < -0.4 is 5.32 Å². The molecule has 0 spiro atoms. The quantitative estimate of drug-likeness (QED) is 0.392. The monoisotopic (exact) mass is 486 g/mol. The molecule has 2 aliphatic rings. The highest BCUT2D eigenvalue weighted by molar-refractivity contribution is 14.0. The minimum absolute atomic E-state index is 0. The van der Waals surface area contributed by atoms with Crippen LogP contribution in [0.4, 0.5) is 0 Å². The van der Waals surface area contributed by atoms with Gasteiger partial charge in [-0.25, -0.2) is 4.99 Å². The summed E-state index contributed by atoms with van der Waals surface area (Å²) in [7, 11) is 0. The van der Waals surface area contributed by atoms with Gasteiger partial charge in [0.25, 0.3) is 0 Å². The van der Waals surface area contributed by atoms with Crippen LogP contribution in [0.2, 0.25) is 0 Å². The van der Waals surface area contributed by atoms with E-state index in [0.717, 1.165) is 57.1 Å². The van der Waals surface area contributed by atoms with Crippen molar-refractivity contribution in [3.05, 3.63) is 28.8 Å². The Morgan fingerprint density at radius 1 is 1.15 bits per heavy atom. The molecule has 1 aliphatic heterocycles. The molecule has 1 saturated heterocycles. The second kappa shape index (κ2) is 10.1. The highest BCUT2D eigenvalue weighted by atomic mass is 127. The number of carbonyl (C=O) groups excluding carboxylic acids is 1. The number of rotatable bonds is 3. The Hall–Kier alpha value is -1.51. The maximum Gasteiger partial charge on any atom is 0.219 e. The summed E-state index contributed by atoms with van der Waals surface area (Å²) < 4.78 is 0. The second-order valence-electron chi connectivity index (χ2n) is 7.07. The van der Waals surface area contributed by atoms with Crippen molar-refractivity contribution < 1.29 is 9.90 Å². The normalized spacial score (nSPS) is 17.2. The van der Waals surface area contributed by atoms with Crippen LogP contribution in [0.5, 0.6) is 5.75 Å². The molecule has 3 rings (SSSR count). The second-order valence-corrected chi connectivity index (χ2v) is 7.07. The van der Waals surface area contributed by atoms with Gasteiger partial charge >= 0.3 is 0 Å². The lowest BCUT2D eigenvalue weighted by molar-refractivity contribution is -0.130. The summed E-state index contributed by atoms with van der Waals surface area (Å²) in [6.07, 6.45) is 4.53. The minimum atomic E-state index is 0. The summed E-state index contributed by atoms with van der Waals surface area (Å²) >= 11 is 0. The van der Waals surface area contributed by atoms with E-state index >= 15 is 0 Å². The van der Waals surface area contributed by atoms with E-state index in [9.17, 15) is 9.90 Å². The molecule has 0 saturated carbocycles. The fraction of sp³-hybridized carbons (Fsp3) is 0.600. The molecule has 0 radical (unpaired) electrons. The van der Waals surface area contributed by atoms with E-state index in [0.29, 0.717) is 12.3 Å². The first-order valence-electron chi connectivity index (χ1n) is 9.71. The van der Waals surface area contributed by atoms with Crippen LogP contribution in [0.3, 0.4) is 0 Å². The summed E-state index contributed by atoms with van der Waals surface area (Å²) in [4.78, 5) is 20.4. The third-order valence-corrected chi connectivity index (χ3v) is 5.37. The molecular formula is C20H31IN4O2. The Bertz CT molecular complexity index is 685. The predicted molar refractivity (Wildman–Crippen MR) is 119 cm³/mol. The number of hydrogen-bond acceptors (Lipinski definition) is 3. The van der Waals surface area contributed by atoms with Crippen LogP contribution in [-0.2, 0) is 24.2 Å². The molecule has 27 heavy (non-hydrogen) atoms. The molecule has 1 amide bonds. The van der Waals surface area contributed by atoms with Gasteiger partial charge in [-0.2, -0.15) is 0 Å². The lowest BCUT2D eigenvalue weighted by Crippen LogP contribution is -2.53. The van der Waals surface area contributed by atoms with Crippen molar-refractivity contribution in [2.24, 2.45) is 4.99 Å². The zero-order chi connectivity index (χ0) is 18.5. The Morgan fingerprint density at radius 2 is 1.81 bits per heavy atom. The number of carbonyl (C=O) groups is 1. The molecule has 0 atom stereocenters. The van der Waals surface area contributed by atoms with E-state index in [-0.39, 0.29) is 29.9 Å². The average Bonchev–Trinajstić information content (AvgIpc) is 2.66. The number of piperazine rings is 1. The van der Waals surface area contributed by atoms with Gasteiger partial charge in [0.1, 0.15) is 5.75 Å². The lowest BCUT2D eigenvalue weighted by Gasteiger charge is -2.36. The van der Waals surface area contributed by atoms with Gasteiger partial charge in [-0.3, -0.25) is 4.79 Å². The molecule has 7 heteroatoms. The maximum atomic E-state index is 11.5. The molecule has 2 N–H and O–H groups in total. The first kappa shape index (κ1) is 21.8. The Balaban J connectivity index is 0.00000261. The van der Waals surface area contributed by atoms with Crippen molar-refractivity contribution in [1.29, 1.82) is 0 Å². The van der Waals surface area contributed by atoms with Crippen LogP contribution in [0.25, 0.3) is 0 Å². The van der Waals surface area contributed by atoms with Gasteiger partial charge in [-0.15, -0.1) is 24.0 Å². The van der Waals surface area contributed by atoms with Gasteiger partial charge in [-0.1, -0.05) is 6.07 Å². The summed E-state index contributed by atoms with van der Waals surface area (Å²) in [5.74, 6) is 1.35. The summed E-state index contributed by atoms with van der Waals surface area (Å²) in [5, 5.41) is 13.7. The molecule has 1 aromatic carbocycles. The summed E-state index contributed by atoms with van der Waals surface area (Å²) in [6, 6.07) is 3.87. The first-order valence-corrected chi connectivity index (χ1v) is 9.71. The number of phenolic OH excluding ortho intramolecular Hbond substituents is 1. The highest BCUT2D eigenvalue weighted by Crippen LogP contribution is 2.31. The molecule has 1 aromatic rings. The largest absolute Gasteiger partial charge is 0.508 e. The maximum absolute atomic E-state index is 11.5. The van der Waals surface area contributed by atoms with Gasteiger partial charge in [0, 0.05) is 45.2 Å². The Morgan fingerprint density at radius 3 is 2.48 bits per heavy atom. The van der Waals surface area contributed by atoms with Gasteiger partial charge in [0.2, 0.25) is 5.91 Å². The zero-order valence-corrected chi connectivity index (χ0v) is 18.7. The van der Waals surface area contributed by atoms with Crippen molar-refractivity contribution in [1.82, 2.24) is 15.1 Å². The number of amides is 1. The number of benzene rings is 1. The fourth-order valence-corrected chi connectivity index (χ4v) is 3.88. The van der Waals surface area contributed by atoms with E-state index in [1.807, 2.05) is 11.0 Å². The number of halogens is 1. The standard InChI is InChI=1S/C20H30N4O2.HI/c1-3-21-20(24-12-10-23(11-13-24)15(2)25)22-14-18-17-7-5-4-6-16(17)8-9-19(18)26;/h8-9,26H,3-7,10-14H2,1-2H3,(H,21,22);1H. The van der Waals surface area contributed by atoms with Crippen LogP contribution >= 0.6 is 24.0 Å². The number of aryl methyl sites for hydroxylation is 1. The molecule has 150 valence electrons. The number of nitrogens with one attached hydrogen (secondary N) is 1. The van der Waals surface area contributed by atoms with Crippen molar-refractivity contribution in [3.8, 4) is 5.75 Å². The number of aromatic hydroxyl groups is 1. The topological polar surface area (TPSA) is 68.2 Å². The number of phenols is 1. The number of hydrogen-bond donors (Lipinski definition) is 2. The first-order chi connectivity index (χ1) is 12.6. The molecule has 1 aliphatic carbocycles. The van der Waals surface area contributed by atoms with Gasteiger partial charge in [0.15, 0.2) is 5.96 Å². The fourth-order valence-electron chi connectivity index (χ4n) is 3.88. The van der Waals surface area contributed by atoms with Crippen LogP contribution in [0, 0.1) is 0 Å². The predicted octanol–water partition coefficient (Wildman–Crippen LogP) is 2.52. The van der Waals surface area contributed by atoms with Crippen LogP contribution in [0.15, 0.2) is 17.1 Å². The SMILES string of the molecule is CCNC(=NCc1c(O)ccc2c1CCCC2)N1CCN(C(C)=O)CC1.I. The molecular weight excluding hydrogens is 455 g/mol. The highest BCUT2D eigenvalue weighted by Gasteiger charge is 2.21. The number of guanidine groups is 1. The number of fused-ring (bicyclic) bond motifs is 1. The lowest BCUT2D eigenvalue weighted by atomic mass is 9.88. The minimum Gasteiger partial charge on any atom is -0.508 e. The molecule has 1 fully saturated rings. The number of aliphatic imine (C=N–C) groups is 1. The van der Waals surface area contributed by atoms with E-state index in [4.69, 9.17) is 4.99 Å². The zero-order valence-electron chi connectivity index (χ0n) is 16.3. The average molecular weight is 486 g/mol. The van der Waals surface area contributed by atoms with Gasteiger partial charge in [-0.05, 0) is 49.8 Å². The molecule has 6 nitrogen and oxygen atoms in total. The van der Waals surface area contributed by atoms with Gasteiger partial charge < -0.3 is 20.2 Å². The Labute approximate surface area is 179 Å². The third kappa shape index (κ3) is 5.27. The van der Waals surface area contributed by atoms with E-state index < -0.39 is 0 Å². The summed E-state index contributed by atoms with van der Waals surface area (Å²) in [5.41, 5.74) is 3.62. The van der Waals surface area contributed by atoms with Crippen molar-refractivity contribution >= 4 is 35.8 Å². The Kier molecular flexibility index (Phi) is 8.19. The van der Waals surface area contributed by atoms with Gasteiger partial charge in [0.05, 0.1) is 6.54 Å². The van der Waals surface area contributed by atoms with Crippen LogP contribution in [-0.4, -0.2) is 59.5 Å². The van der Waals surface area contributed by atoms with E-state index in [2.05, 4.69) is 23.2 Å². The summed E-state index contributed by atoms with van der Waals surface area (Å²) in [6.45, 7) is 7.99. The molecule has 0 aromatic heterocycles. The smallest absolute Gasteiger partial charge is 0.219 e. The van der Waals surface area contributed by atoms with Crippen molar-refractivity contribution in [3.63, 3.8) is 0 Å². The molecule has 1 heterocycles. The van der Waals surface area contributed by atoms with E-state index in [1.165, 1.54) is 24.0 Å². The van der Waals surface area contributed by atoms with E-state index in [1.54, 1.807) is 6.92 Å². The molecule has 0 bridgehead atoms. The van der Waals surface area contributed by atoms with Crippen LogP contribution in [0.1, 0.15) is 43.4 Å².